The first kappa shape index (κ1) is 11.2. The zero-order valence-electron chi connectivity index (χ0n) is 6.69. The molecule has 0 fully saturated rings. The van der Waals surface area contributed by atoms with E-state index >= 15 is 0 Å². The second-order valence-electron chi connectivity index (χ2n) is 1.86. The largest absolute Gasteiger partial charge is 1.00 e. The van der Waals surface area contributed by atoms with Crippen molar-refractivity contribution in [2.24, 2.45) is 0 Å². The molecule has 0 spiro atoms. The van der Waals surface area contributed by atoms with E-state index in [1.807, 2.05) is 0 Å². The standard InChI is InChI=1S/C8H6N2O.Na/c9-5-7(6-11)8-3-1-2-4-10-8;/h1-4,6,11H;/q;+1/p-1/b7-6-;. The Balaban J connectivity index is 0.00000121. The van der Waals surface area contributed by atoms with Crippen molar-refractivity contribution in [2.45, 2.75) is 0 Å². The van der Waals surface area contributed by atoms with Crippen molar-refractivity contribution in [3.8, 4) is 6.07 Å². The molecule has 0 aromatic carbocycles. The fraction of sp³-hybridized carbons (Fsp3) is 0. The van der Waals surface area contributed by atoms with E-state index in [-0.39, 0.29) is 35.1 Å². The van der Waals surface area contributed by atoms with Crippen molar-refractivity contribution in [3.63, 3.8) is 0 Å². The molecule has 4 heteroatoms. The molecule has 0 N–H and O–H groups in total. The number of nitrogens with zero attached hydrogens (tertiary/aromatic N) is 2. The van der Waals surface area contributed by atoms with Crippen molar-refractivity contribution >= 4 is 5.57 Å². The topological polar surface area (TPSA) is 59.7 Å². The van der Waals surface area contributed by atoms with E-state index in [1.54, 1.807) is 24.3 Å². The van der Waals surface area contributed by atoms with Gasteiger partial charge < -0.3 is 5.11 Å². The number of aromatic nitrogens is 1. The maximum atomic E-state index is 10.2. The number of rotatable bonds is 1. The van der Waals surface area contributed by atoms with Gasteiger partial charge in [-0.3, -0.25) is 4.98 Å². The Morgan fingerprint density at radius 3 is 2.75 bits per heavy atom. The summed E-state index contributed by atoms with van der Waals surface area (Å²) in [5, 5.41) is 18.7. The fourth-order valence-electron chi connectivity index (χ4n) is 0.666. The summed E-state index contributed by atoms with van der Waals surface area (Å²) in [7, 11) is 0. The summed E-state index contributed by atoms with van der Waals surface area (Å²) in [6.07, 6.45) is 2.04. The summed E-state index contributed by atoms with van der Waals surface area (Å²) in [5.41, 5.74) is 0.482. The molecule has 0 aliphatic rings. The molecule has 12 heavy (non-hydrogen) atoms. The van der Waals surface area contributed by atoms with Crippen molar-refractivity contribution in [1.82, 2.24) is 4.98 Å². The van der Waals surface area contributed by atoms with Crippen molar-refractivity contribution in [3.05, 3.63) is 36.4 Å². The van der Waals surface area contributed by atoms with Gasteiger partial charge in [0.15, 0.2) is 0 Å². The predicted octanol–water partition coefficient (Wildman–Crippen LogP) is -2.69. The van der Waals surface area contributed by atoms with Crippen LogP contribution in [0.1, 0.15) is 5.69 Å². The minimum Gasteiger partial charge on any atom is -0.877 e. The van der Waals surface area contributed by atoms with Crippen LogP contribution in [0.15, 0.2) is 30.7 Å². The summed E-state index contributed by atoms with van der Waals surface area (Å²) in [5.74, 6) is 0. The van der Waals surface area contributed by atoms with Crippen molar-refractivity contribution < 1.29 is 34.7 Å². The van der Waals surface area contributed by atoms with Crippen LogP contribution in [0, 0.1) is 11.3 Å². The molecular formula is C8H5N2NaO. The maximum Gasteiger partial charge on any atom is 1.00 e. The van der Waals surface area contributed by atoms with Crippen molar-refractivity contribution in [2.75, 3.05) is 0 Å². The Morgan fingerprint density at radius 2 is 2.33 bits per heavy atom. The second kappa shape index (κ2) is 5.78. The molecule has 0 saturated heterocycles. The molecule has 0 amide bonds. The van der Waals surface area contributed by atoms with Gasteiger partial charge in [0.05, 0.1) is 11.3 Å². The predicted molar refractivity (Wildman–Crippen MR) is 37.8 cm³/mol. The molecule has 1 aromatic rings. The minimum absolute atomic E-state index is 0. The summed E-state index contributed by atoms with van der Waals surface area (Å²) < 4.78 is 0. The number of allylic oxidation sites excluding steroid dienone is 1. The summed E-state index contributed by atoms with van der Waals surface area (Å²) >= 11 is 0. The van der Waals surface area contributed by atoms with Crippen LogP contribution < -0.4 is 34.7 Å². The Labute approximate surface area is 92.7 Å². The van der Waals surface area contributed by atoms with Gasteiger partial charge in [-0.05, 0) is 12.1 Å². The van der Waals surface area contributed by atoms with Crippen molar-refractivity contribution in [1.29, 1.82) is 5.26 Å². The minimum atomic E-state index is 0. The maximum absolute atomic E-state index is 10.2. The first-order valence-corrected chi connectivity index (χ1v) is 3.02. The molecule has 0 aliphatic carbocycles. The zero-order chi connectivity index (χ0) is 8.10. The third-order valence-corrected chi connectivity index (χ3v) is 1.18. The van der Waals surface area contributed by atoms with Crippen LogP contribution in [0.5, 0.6) is 0 Å². The van der Waals surface area contributed by atoms with Gasteiger partial charge >= 0.3 is 29.6 Å². The number of hydrogen-bond donors (Lipinski definition) is 0. The van der Waals surface area contributed by atoms with Gasteiger partial charge in [0.25, 0.3) is 0 Å². The third-order valence-electron chi connectivity index (χ3n) is 1.18. The quantitative estimate of drug-likeness (QED) is 0.260. The van der Waals surface area contributed by atoms with Crippen LogP contribution in [0.4, 0.5) is 0 Å². The molecule has 0 aliphatic heterocycles. The monoisotopic (exact) mass is 168 g/mol. The van der Waals surface area contributed by atoms with Crippen LogP contribution in [0.2, 0.25) is 0 Å². The molecule has 0 atom stereocenters. The van der Waals surface area contributed by atoms with E-state index in [2.05, 4.69) is 4.98 Å². The van der Waals surface area contributed by atoms with E-state index in [0.717, 1.165) is 0 Å². The molecule has 1 heterocycles. The Morgan fingerprint density at radius 1 is 1.58 bits per heavy atom. The summed E-state index contributed by atoms with van der Waals surface area (Å²) in [6, 6.07) is 6.82. The van der Waals surface area contributed by atoms with Crippen LogP contribution >= 0.6 is 0 Å². The van der Waals surface area contributed by atoms with Gasteiger partial charge in [0.1, 0.15) is 6.07 Å². The van der Waals surface area contributed by atoms with Crippen LogP contribution in [0.25, 0.3) is 5.57 Å². The molecule has 0 saturated carbocycles. The van der Waals surface area contributed by atoms with Crippen LogP contribution in [0.3, 0.4) is 0 Å². The van der Waals surface area contributed by atoms with E-state index in [9.17, 15) is 5.11 Å². The Kier molecular flexibility index (Phi) is 5.39. The summed E-state index contributed by atoms with van der Waals surface area (Å²) in [6.45, 7) is 0. The molecule has 1 aromatic heterocycles. The van der Waals surface area contributed by atoms with Crippen LogP contribution in [-0.2, 0) is 0 Å². The molecule has 0 bridgehead atoms. The smallest absolute Gasteiger partial charge is 0.877 e. The molecule has 0 unspecified atom stereocenters. The molecule has 1 rings (SSSR count). The molecule has 0 radical (unpaired) electrons. The first-order chi connectivity index (χ1) is 5.38. The van der Waals surface area contributed by atoms with Gasteiger partial charge in [-0.1, -0.05) is 6.07 Å². The zero-order valence-corrected chi connectivity index (χ0v) is 8.69. The van der Waals surface area contributed by atoms with E-state index in [0.29, 0.717) is 12.0 Å². The van der Waals surface area contributed by atoms with E-state index in [4.69, 9.17) is 5.26 Å². The van der Waals surface area contributed by atoms with Gasteiger partial charge in [-0.15, -0.1) is 6.26 Å². The molecular weight excluding hydrogens is 163 g/mol. The van der Waals surface area contributed by atoms with Gasteiger partial charge in [0, 0.05) is 6.20 Å². The van der Waals surface area contributed by atoms with Crippen LogP contribution in [-0.4, -0.2) is 4.98 Å². The van der Waals surface area contributed by atoms with Gasteiger partial charge in [0.2, 0.25) is 0 Å². The normalized spacial score (nSPS) is 9.75. The SMILES string of the molecule is N#C/C(=C/[O-])c1ccccn1.[Na+]. The Bertz CT molecular complexity index is 303. The number of hydrogen-bond acceptors (Lipinski definition) is 3. The van der Waals surface area contributed by atoms with E-state index < -0.39 is 0 Å². The number of pyridine rings is 1. The first-order valence-electron chi connectivity index (χ1n) is 3.02. The summed E-state index contributed by atoms with van der Waals surface area (Å²) in [4.78, 5) is 3.83. The average molecular weight is 168 g/mol. The third kappa shape index (κ3) is 2.67. The second-order valence-corrected chi connectivity index (χ2v) is 1.86. The van der Waals surface area contributed by atoms with E-state index in [1.165, 1.54) is 6.20 Å². The Hall–Kier alpha value is -0.820. The number of nitriles is 1. The molecule has 3 nitrogen and oxygen atoms in total. The molecule has 54 valence electrons. The van der Waals surface area contributed by atoms with Gasteiger partial charge in [-0.2, -0.15) is 5.26 Å². The average Bonchev–Trinajstić information content (AvgIpc) is 2.09. The fourth-order valence-corrected chi connectivity index (χ4v) is 0.666. The van der Waals surface area contributed by atoms with Gasteiger partial charge in [-0.25, -0.2) is 0 Å².